The maximum Gasteiger partial charge on any atom is 0.162 e. The van der Waals surface area contributed by atoms with Crippen molar-refractivity contribution in [2.75, 3.05) is 18.5 Å². The number of aromatic nitrogens is 1. The van der Waals surface area contributed by atoms with Crippen LogP contribution < -0.4 is 10.1 Å². The van der Waals surface area contributed by atoms with Crippen LogP contribution in [-0.4, -0.2) is 23.3 Å². The second-order valence-corrected chi connectivity index (χ2v) is 6.11. The Hall–Kier alpha value is -2.31. The molecule has 0 spiro atoms. The van der Waals surface area contributed by atoms with Crippen LogP contribution in [0.5, 0.6) is 5.75 Å². The highest BCUT2D eigenvalue weighted by Gasteiger charge is 2.08. The van der Waals surface area contributed by atoms with Gasteiger partial charge in [-0.3, -0.25) is 0 Å². The van der Waals surface area contributed by atoms with E-state index in [-0.39, 0.29) is 6.61 Å². The van der Waals surface area contributed by atoms with E-state index in [9.17, 15) is 0 Å². The van der Waals surface area contributed by atoms with Gasteiger partial charge in [0.15, 0.2) is 10.8 Å². The highest BCUT2D eigenvalue weighted by Crippen LogP contribution is 2.27. The number of aliphatic hydroxyl groups is 1. The Morgan fingerprint density at radius 3 is 2.74 bits per heavy atom. The minimum Gasteiger partial charge on any atom is -0.491 e. The van der Waals surface area contributed by atoms with Crippen LogP contribution in [0.1, 0.15) is 10.6 Å². The summed E-state index contributed by atoms with van der Waals surface area (Å²) in [5.41, 5.74) is 1.00. The molecule has 0 saturated carbocycles. The number of thiazole rings is 1. The van der Waals surface area contributed by atoms with E-state index in [0.29, 0.717) is 13.2 Å². The molecule has 3 aromatic rings. The molecular weight excluding hydrogens is 312 g/mol. The lowest BCUT2D eigenvalue weighted by molar-refractivity contribution is 0.201. The molecule has 23 heavy (non-hydrogen) atoms. The standard InChI is InChI=1S/C17H18N2O3S/c1-12-2-7-16(22-12)17-19-11-15(23-17)10-18-13-3-5-14(6-4-13)21-9-8-20/h2-7,11,18,20H,8-10H2,1H3. The number of aliphatic hydroxyl groups excluding tert-OH is 1. The number of aryl methyl sites for hydroxylation is 1. The minimum absolute atomic E-state index is 0.0168. The van der Waals surface area contributed by atoms with E-state index < -0.39 is 0 Å². The molecule has 3 rings (SSSR count). The van der Waals surface area contributed by atoms with Crippen molar-refractivity contribution in [2.24, 2.45) is 0 Å². The predicted molar refractivity (Wildman–Crippen MR) is 90.9 cm³/mol. The third-order valence-corrected chi connectivity index (χ3v) is 4.20. The number of ether oxygens (including phenoxy) is 1. The molecule has 1 aromatic carbocycles. The van der Waals surface area contributed by atoms with Gasteiger partial charge < -0.3 is 19.6 Å². The van der Waals surface area contributed by atoms with Crippen molar-refractivity contribution in [3.63, 3.8) is 0 Å². The Labute approximate surface area is 138 Å². The molecule has 0 fully saturated rings. The van der Waals surface area contributed by atoms with Crippen molar-refractivity contribution in [1.82, 2.24) is 4.98 Å². The first-order chi connectivity index (χ1) is 11.2. The zero-order chi connectivity index (χ0) is 16.1. The van der Waals surface area contributed by atoms with Crippen molar-refractivity contribution in [3.05, 3.63) is 53.2 Å². The molecular formula is C17H18N2O3S. The van der Waals surface area contributed by atoms with Crippen LogP contribution >= 0.6 is 11.3 Å². The second-order valence-electron chi connectivity index (χ2n) is 4.99. The van der Waals surface area contributed by atoms with E-state index in [4.69, 9.17) is 14.3 Å². The van der Waals surface area contributed by atoms with Gasteiger partial charge in [0.25, 0.3) is 0 Å². The number of furan rings is 1. The molecule has 2 aromatic heterocycles. The smallest absolute Gasteiger partial charge is 0.162 e. The molecule has 0 bridgehead atoms. The van der Waals surface area contributed by atoms with Crippen LogP contribution in [0.3, 0.4) is 0 Å². The SMILES string of the molecule is Cc1ccc(-c2ncc(CNc3ccc(OCCO)cc3)s2)o1. The van der Waals surface area contributed by atoms with Crippen molar-refractivity contribution in [2.45, 2.75) is 13.5 Å². The summed E-state index contributed by atoms with van der Waals surface area (Å²) in [6.07, 6.45) is 1.86. The molecule has 2 heterocycles. The quantitative estimate of drug-likeness (QED) is 0.691. The molecule has 0 aliphatic heterocycles. The van der Waals surface area contributed by atoms with Gasteiger partial charge in [0.05, 0.1) is 13.2 Å². The monoisotopic (exact) mass is 330 g/mol. The molecule has 0 aliphatic rings. The molecule has 0 radical (unpaired) electrons. The molecule has 0 unspecified atom stereocenters. The number of benzene rings is 1. The first kappa shape index (κ1) is 15.6. The maximum atomic E-state index is 8.73. The van der Waals surface area contributed by atoms with Gasteiger partial charge in [-0.15, -0.1) is 11.3 Å². The summed E-state index contributed by atoms with van der Waals surface area (Å²) < 4.78 is 10.9. The van der Waals surface area contributed by atoms with E-state index in [1.807, 2.05) is 49.5 Å². The molecule has 0 saturated heterocycles. The predicted octanol–water partition coefficient (Wildman–Crippen LogP) is 3.69. The first-order valence-electron chi connectivity index (χ1n) is 7.34. The average molecular weight is 330 g/mol. The fraction of sp³-hybridized carbons (Fsp3) is 0.235. The molecule has 0 atom stereocenters. The van der Waals surface area contributed by atoms with Crippen LogP contribution in [0.2, 0.25) is 0 Å². The summed E-state index contributed by atoms with van der Waals surface area (Å²) in [5, 5.41) is 13.0. The molecule has 5 nitrogen and oxygen atoms in total. The van der Waals surface area contributed by atoms with Crippen LogP contribution in [0, 0.1) is 6.92 Å². The third kappa shape index (κ3) is 4.12. The number of nitrogens with one attached hydrogen (secondary N) is 1. The van der Waals surface area contributed by atoms with Crippen molar-refractivity contribution < 1.29 is 14.3 Å². The second kappa shape index (κ2) is 7.30. The summed E-state index contributed by atoms with van der Waals surface area (Å²) in [6.45, 7) is 2.95. The summed E-state index contributed by atoms with van der Waals surface area (Å²) in [7, 11) is 0. The zero-order valence-electron chi connectivity index (χ0n) is 12.8. The Morgan fingerprint density at radius 1 is 1.22 bits per heavy atom. The van der Waals surface area contributed by atoms with Gasteiger partial charge in [0, 0.05) is 16.8 Å². The average Bonchev–Trinajstić information content (AvgIpc) is 3.20. The number of hydrogen-bond donors (Lipinski definition) is 2. The van der Waals surface area contributed by atoms with Gasteiger partial charge in [0.2, 0.25) is 0 Å². The summed E-state index contributed by atoms with van der Waals surface area (Å²) >= 11 is 1.61. The largest absolute Gasteiger partial charge is 0.491 e. The van der Waals surface area contributed by atoms with Crippen molar-refractivity contribution in [1.29, 1.82) is 0 Å². The van der Waals surface area contributed by atoms with E-state index >= 15 is 0 Å². The van der Waals surface area contributed by atoms with Gasteiger partial charge >= 0.3 is 0 Å². The Balaban J connectivity index is 1.57. The fourth-order valence-electron chi connectivity index (χ4n) is 2.07. The van der Waals surface area contributed by atoms with Crippen LogP contribution in [0.4, 0.5) is 5.69 Å². The molecule has 0 amide bonds. The Morgan fingerprint density at radius 2 is 2.04 bits per heavy atom. The maximum absolute atomic E-state index is 8.73. The highest BCUT2D eigenvalue weighted by molar-refractivity contribution is 7.14. The lowest BCUT2D eigenvalue weighted by Crippen LogP contribution is -2.02. The molecule has 6 heteroatoms. The zero-order valence-corrected chi connectivity index (χ0v) is 13.6. The fourth-order valence-corrected chi connectivity index (χ4v) is 2.89. The molecule has 2 N–H and O–H groups in total. The van der Waals surface area contributed by atoms with Gasteiger partial charge in [-0.1, -0.05) is 0 Å². The number of anilines is 1. The third-order valence-electron chi connectivity index (χ3n) is 3.19. The number of nitrogens with zero attached hydrogens (tertiary/aromatic N) is 1. The van der Waals surface area contributed by atoms with Gasteiger partial charge in [0.1, 0.15) is 18.1 Å². The normalized spacial score (nSPS) is 10.7. The lowest BCUT2D eigenvalue weighted by atomic mass is 10.3. The number of rotatable bonds is 7. The van der Waals surface area contributed by atoms with E-state index in [0.717, 1.165) is 32.8 Å². The topological polar surface area (TPSA) is 67.5 Å². The van der Waals surface area contributed by atoms with E-state index in [1.54, 1.807) is 11.3 Å². The Kier molecular flexibility index (Phi) is 4.95. The van der Waals surface area contributed by atoms with E-state index in [1.165, 1.54) is 0 Å². The van der Waals surface area contributed by atoms with Crippen LogP contribution in [-0.2, 0) is 6.54 Å². The summed E-state index contributed by atoms with van der Waals surface area (Å²) in [4.78, 5) is 5.53. The first-order valence-corrected chi connectivity index (χ1v) is 8.15. The van der Waals surface area contributed by atoms with Gasteiger partial charge in [-0.2, -0.15) is 0 Å². The summed E-state index contributed by atoms with van der Waals surface area (Å²) in [5.74, 6) is 2.44. The lowest BCUT2D eigenvalue weighted by Gasteiger charge is -2.07. The van der Waals surface area contributed by atoms with E-state index in [2.05, 4.69) is 10.3 Å². The minimum atomic E-state index is 0.0168. The molecule has 120 valence electrons. The number of hydrogen-bond acceptors (Lipinski definition) is 6. The van der Waals surface area contributed by atoms with Crippen molar-refractivity contribution in [3.8, 4) is 16.5 Å². The van der Waals surface area contributed by atoms with Gasteiger partial charge in [-0.05, 0) is 43.3 Å². The molecule has 0 aliphatic carbocycles. The summed E-state index contributed by atoms with van der Waals surface area (Å²) in [6, 6.07) is 11.5. The van der Waals surface area contributed by atoms with Crippen LogP contribution in [0.15, 0.2) is 47.0 Å². The Bertz CT molecular complexity index is 749. The highest BCUT2D eigenvalue weighted by atomic mass is 32.1. The van der Waals surface area contributed by atoms with Crippen LogP contribution in [0.25, 0.3) is 10.8 Å². The van der Waals surface area contributed by atoms with Gasteiger partial charge in [-0.25, -0.2) is 4.98 Å². The van der Waals surface area contributed by atoms with Crippen molar-refractivity contribution >= 4 is 17.0 Å².